The number of rotatable bonds is 8. The van der Waals surface area contributed by atoms with Gasteiger partial charge in [0.2, 0.25) is 11.9 Å². The van der Waals surface area contributed by atoms with Crippen molar-refractivity contribution in [1.29, 1.82) is 0 Å². The SMILES string of the molecule is CN(C)c1ccnc(NC2CCC(CNC(=O)CSc3ccccc3)CC2)n1. The summed E-state index contributed by atoms with van der Waals surface area (Å²) in [5, 5.41) is 6.56. The van der Waals surface area contributed by atoms with Crippen LogP contribution in [0.25, 0.3) is 0 Å². The normalized spacial score (nSPS) is 19.1. The maximum absolute atomic E-state index is 12.1. The quantitative estimate of drug-likeness (QED) is 0.663. The number of nitrogens with one attached hydrogen (secondary N) is 2. The lowest BCUT2D eigenvalue weighted by Gasteiger charge is -2.29. The third-order valence-electron chi connectivity index (χ3n) is 4.98. The number of anilines is 2. The van der Waals surface area contributed by atoms with E-state index < -0.39 is 0 Å². The number of carbonyl (C=O) groups excluding carboxylic acids is 1. The second kappa shape index (κ2) is 10.3. The molecule has 0 saturated heterocycles. The average Bonchev–Trinajstić information content (AvgIpc) is 2.72. The zero-order valence-electron chi connectivity index (χ0n) is 16.6. The highest BCUT2D eigenvalue weighted by molar-refractivity contribution is 8.00. The van der Waals surface area contributed by atoms with Gasteiger partial charge in [-0.25, -0.2) is 4.98 Å². The number of hydrogen-bond donors (Lipinski definition) is 2. The van der Waals surface area contributed by atoms with Gasteiger partial charge in [0.05, 0.1) is 5.75 Å². The molecule has 3 rings (SSSR count). The maximum atomic E-state index is 12.1. The van der Waals surface area contributed by atoms with Gasteiger partial charge in [0.25, 0.3) is 0 Å². The molecule has 1 aromatic heterocycles. The highest BCUT2D eigenvalue weighted by Crippen LogP contribution is 2.26. The molecule has 1 aliphatic rings. The number of carbonyl (C=O) groups is 1. The Kier molecular flexibility index (Phi) is 7.54. The predicted octanol–water partition coefficient (Wildman–Crippen LogP) is 3.42. The molecule has 1 saturated carbocycles. The molecule has 0 unspecified atom stereocenters. The summed E-state index contributed by atoms with van der Waals surface area (Å²) in [4.78, 5) is 24.1. The van der Waals surface area contributed by atoms with Crippen molar-refractivity contribution in [3.05, 3.63) is 42.6 Å². The molecule has 1 amide bonds. The van der Waals surface area contributed by atoms with Gasteiger partial charge < -0.3 is 15.5 Å². The molecule has 0 bridgehead atoms. The van der Waals surface area contributed by atoms with E-state index in [0.717, 1.165) is 42.9 Å². The first-order valence-electron chi connectivity index (χ1n) is 9.81. The average molecular weight is 400 g/mol. The summed E-state index contributed by atoms with van der Waals surface area (Å²) in [6.07, 6.45) is 6.16. The van der Waals surface area contributed by atoms with Crippen molar-refractivity contribution in [2.45, 2.75) is 36.6 Å². The summed E-state index contributed by atoms with van der Waals surface area (Å²) in [7, 11) is 3.95. The fraction of sp³-hybridized carbons (Fsp3) is 0.476. The molecule has 1 fully saturated rings. The maximum Gasteiger partial charge on any atom is 0.230 e. The summed E-state index contributed by atoms with van der Waals surface area (Å²) in [5.74, 6) is 2.74. The van der Waals surface area contributed by atoms with Crippen molar-refractivity contribution >= 4 is 29.4 Å². The van der Waals surface area contributed by atoms with Crippen LogP contribution >= 0.6 is 11.8 Å². The van der Waals surface area contributed by atoms with E-state index >= 15 is 0 Å². The van der Waals surface area contributed by atoms with Crippen LogP contribution in [0.15, 0.2) is 47.5 Å². The Morgan fingerprint density at radius 2 is 1.89 bits per heavy atom. The molecule has 0 atom stereocenters. The summed E-state index contributed by atoms with van der Waals surface area (Å²) in [6.45, 7) is 0.771. The molecule has 1 aromatic carbocycles. The standard InChI is InChI=1S/C21H29N5OS/c1-26(2)19-12-13-22-21(25-19)24-17-10-8-16(9-11-17)14-23-20(27)15-28-18-6-4-3-5-7-18/h3-7,12-13,16-17H,8-11,14-15H2,1-2H3,(H,23,27)(H,22,24,25). The van der Waals surface area contributed by atoms with Crippen molar-refractivity contribution in [2.24, 2.45) is 5.92 Å². The lowest BCUT2D eigenvalue weighted by atomic mass is 9.86. The van der Waals surface area contributed by atoms with E-state index in [0.29, 0.717) is 23.7 Å². The number of aromatic nitrogens is 2. The van der Waals surface area contributed by atoms with Crippen LogP contribution in [0.5, 0.6) is 0 Å². The van der Waals surface area contributed by atoms with Crippen LogP contribution in [-0.4, -0.2) is 48.3 Å². The molecule has 6 nitrogen and oxygen atoms in total. The van der Waals surface area contributed by atoms with E-state index in [1.54, 1.807) is 18.0 Å². The number of nitrogens with zero attached hydrogens (tertiary/aromatic N) is 3. The monoisotopic (exact) mass is 399 g/mol. The molecule has 2 aromatic rings. The third kappa shape index (κ3) is 6.41. The van der Waals surface area contributed by atoms with Crippen LogP contribution in [0.1, 0.15) is 25.7 Å². The second-order valence-corrected chi connectivity index (χ2v) is 8.45. The number of amides is 1. The largest absolute Gasteiger partial charge is 0.363 e. The summed E-state index contributed by atoms with van der Waals surface area (Å²) < 4.78 is 0. The van der Waals surface area contributed by atoms with Gasteiger partial charge in [0.15, 0.2) is 0 Å². The molecule has 0 aliphatic heterocycles. The van der Waals surface area contributed by atoms with Crippen molar-refractivity contribution in [3.63, 3.8) is 0 Å². The van der Waals surface area contributed by atoms with Gasteiger partial charge in [0, 0.05) is 37.8 Å². The Labute approximate surface area is 171 Å². The Hall–Kier alpha value is -2.28. The highest BCUT2D eigenvalue weighted by atomic mass is 32.2. The Morgan fingerprint density at radius 3 is 2.61 bits per heavy atom. The minimum absolute atomic E-state index is 0.114. The van der Waals surface area contributed by atoms with Crippen LogP contribution in [0.4, 0.5) is 11.8 Å². The van der Waals surface area contributed by atoms with Gasteiger partial charge >= 0.3 is 0 Å². The molecule has 1 aliphatic carbocycles. The lowest BCUT2D eigenvalue weighted by molar-refractivity contribution is -0.118. The van der Waals surface area contributed by atoms with E-state index in [9.17, 15) is 4.79 Å². The molecule has 0 spiro atoms. The van der Waals surface area contributed by atoms with Crippen molar-refractivity contribution < 1.29 is 4.79 Å². The highest BCUT2D eigenvalue weighted by Gasteiger charge is 2.22. The predicted molar refractivity (Wildman–Crippen MR) is 116 cm³/mol. The summed E-state index contributed by atoms with van der Waals surface area (Å²) in [6, 6.07) is 12.3. The molecule has 2 N–H and O–H groups in total. The number of thioether (sulfide) groups is 1. The molecule has 0 radical (unpaired) electrons. The van der Waals surface area contributed by atoms with E-state index in [4.69, 9.17) is 0 Å². The fourth-order valence-corrected chi connectivity index (χ4v) is 4.09. The van der Waals surface area contributed by atoms with Gasteiger partial charge in [-0.1, -0.05) is 18.2 Å². The van der Waals surface area contributed by atoms with Gasteiger partial charge in [-0.15, -0.1) is 11.8 Å². The van der Waals surface area contributed by atoms with Crippen LogP contribution in [0.3, 0.4) is 0 Å². The molecular formula is C21H29N5OS. The van der Waals surface area contributed by atoms with E-state index in [2.05, 4.69) is 20.6 Å². The minimum Gasteiger partial charge on any atom is -0.363 e. The first-order valence-corrected chi connectivity index (χ1v) is 10.8. The summed E-state index contributed by atoms with van der Waals surface area (Å²) in [5.41, 5.74) is 0. The number of benzene rings is 1. The Balaban J connectivity index is 1.35. The van der Waals surface area contributed by atoms with E-state index in [-0.39, 0.29) is 5.91 Å². The third-order valence-corrected chi connectivity index (χ3v) is 5.99. The van der Waals surface area contributed by atoms with Crippen molar-refractivity contribution in [1.82, 2.24) is 15.3 Å². The van der Waals surface area contributed by atoms with Gasteiger partial charge in [-0.2, -0.15) is 4.98 Å². The Bertz CT molecular complexity index is 747. The zero-order chi connectivity index (χ0) is 19.8. The van der Waals surface area contributed by atoms with Crippen molar-refractivity contribution in [2.75, 3.05) is 36.6 Å². The Morgan fingerprint density at radius 1 is 1.14 bits per heavy atom. The zero-order valence-corrected chi connectivity index (χ0v) is 17.4. The fourth-order valence-electron chi connectivity index (χ4n) is 3.34. The van der Waals surface area contributed by atoms with Gasteiger partial charge in [0.1, 0.15) is 5.82 Å². The van der Waals surface area contributed by atoms with E-state index in [1.807, 2.05) is 55.4 Å². The van der Waals surface area contributed by atoms with Crippen LogP contribution in [-0.2, 0) is 4.79 Å². The molecule has 7 heteroatoms. The van der Waals surface area contributed by atoms with Gasteiger partial charge in [-0.3, -0.25) is 4.79 Å². The molecule has 1 heterocycles. The summed E-state index contributed by atoms with van der Waals surface area (Å²) >= 11 is 1.58. The second-order valence-electron chi connectivity index (χ2n) is 7.40. The lowest BCUT2D eigenvalue weighted by Crippen LogP contribution is -2.34. The van der Waals surface area contributed by atoms with Crippen LogP contribution < -0.4 is 15.5 Å². The molecule has 150 valence electrons. The molecule has 28 heavy (non-hydrogen) atoms. The van der Waals surface area contributed by atoms with Crippen LogP contribution in [0, 0.1) is 5.92 Å². The van der Waals surface area contributed by atoms with Gasteiger partial charge in [-0.05, 0) is 49.8 Å². The van der Waals surface area contributed by atoms with Crippen molar-refractivity contribution in [3.8, 4) is 0 Å². The van der Waals surface area contributed by atoms with Crippen LogP contribution in [0.2, 0.25) is 0 Å². The van der Waals surface area contributed by atoms with E-state index in [1.165, 1.54) is 0 Å². The number of hydrogen-bond acceptors (Lipinski definition) is 6. The smallest absolute Gasteiger partial charge is 0.230 e. The first-order chi connectivity index (χ1) is 13.6. The first kappa shape index (κ1) is 20.5. The topological polar surface area (TPSA) is 70.2 Å². The molecular weight excluding hydrogens is 370 g/mol. The minimum atomic E-state index is 0.114.